The molecule has 7 heteroatoms. The standard InChI is InChI=1S/C22H21N3O3S/c23-22(24)13-29(27,28)18-5-3-15(4-6-18)19-11-20(19)21(26)10-14-1-2-17-12-25-8-7-16(17)9-14/h1-9,12,19-20H,10-11,13H2,(H3,23,24)/t19?,20-/m1/s1. The highest BCUT2D eigenvalue weighted by atomic mass is 32.2. The zero-order valence-corrected chi connectivity index (χ0v) is 16.5. The number of nitrogens with one attached hydrogen (secondary N) is 1. The van der Waals surface area contributed by atoms with E-state index in [2.05, 4.69) is 4.98 Å². The van der Waals surface area contributed by atoms with Crippen LogP contribution >= 0.6 is 0 Å². The molecule has 1 aliphatic rings. The Morgan fingerprint density at radius 1 is 1.10 bits per heavy atom. The van der Waals surface area contributed by atoms with Crippen LogP contribution < -0.4 is 5.73 Å². The minimum Gasteiger partial charge on any atom is -0.387 e. The molecule has 0 amide bonds. The minimum absolute atomic E-state index is 0.0252. The molecule has 1 unspecified atom stereocenters. The molecular formula is C22H21N3O3S. The van der Waals surface area contributed by atoms with E-state index in [4.69, 9.17) is 11.1 Å². The third-order valence-electron chi connectivity index (χ3n) is 5.30. The molecule has 1 fully saturated rings. The molecule has 6 nitrogen and oxygen atoms in total. The van der Waals surface area contributed by atoms with Gasteiger partial charge in [0.2, 0.25) is 0 Å². The first kappa shape index (κ1) is 19.3. The molecule has 2 aromatic carbocycles. The van der Waals surface area contributed by atoms with Gasteiger partial charge in [-0.15, -0.1) is 0 Å². The number of ketones is 1. The molecule has 0 radical (unpaired) electrons. The van der Waals surface area contributed by atoms with Gasteiger partial charge >= 0.3 is 0 Å². The first-order chi connectivity index (χ1) is 13.8. The number of pyridine rings is 1. The fourth-order valence-electron chi connectivity index (χ4n) is 3.70. The maximum absolute atomic E-state index is 12.7. The number of carbonyl (C=O) groups excluding carboxylic acids is 1. The Hall–Kier alpha value is -3.06. The number of hydrogen-bond acceptors (Lipinski definition) is 5. The van der Waals surface area contributed by atoms with Crippen LogP contribution in [0.3, 0.4) is 0 Å². The topological polar surface area (TPSA) is 114 Å². The molecule has 2 atom stereocenters. The van der Waals surface area contributed by atoms with Crippen molar-refractivity contribution in [1.82, 2.24) is 4.98 Å². The van der Waals surface area contributed by atoms with E-state index < -0.39 is 15.6 Å². The number of fused-ring (bicyclic) bond motifs is 1. The van der Waals surface area contributed by atoms with Crippen molar-refractivity contribution < 1.29 is 13.2 Å². The second-order valence-electron chi connectivity index (χ2n) is 7.50. The number of benzene rings is 2. The Morgan fingerprint density at radius 2 is 1.86 bits per heavy atom. The molecule has 29 heavy (non-hydrogen) atoms. The Kier molecular flexibility index (Phi) is 4.92. The molecule has 4 rings (SSSR count). The van der Waals surface area contributed by atoms with Gasteiger partial charge in [-0.3, -0.25) is 15.2 Å². The summed E-state index contributed by atoms with van der Waals surface area (Å²) in [6.07, 6.45) is 4.73. The third-order valence-corrected chi connectivity index (χ3v) is 6.98. The Labute approximate surface area is 169 Å². The molecule has 3 N–H and O–H groups in total. The molecule has 3 aromatic rings. The smallest absolute Gasteiger partial charge is 0.185 e. The third kappa shape index (κ3) is 4.19. The number of nitrogens with zero attached hydrogens (tertiary/aromatic N) is 1. The van der Waals surface area contributed by atoms with Crippen LogP contribution in [0.1, 0.15) is 23.5 Å². The molecule has 1 heterocycles. The summed E-state index contributed by atoms with van der Waals surface area (Å²) >= 11 is 0. The fourth-order valence-corrected chi connectivity index (χ4v) is 4.83. The summed E-state index contributed by atoms with van der Waals surface area (Å²) in [6, 6.07) is 14.5. The molecule has 148 valence electrons. The number of nitrogens with two attached hydrogens (primary N) is 1. The van der Waals surface area contributed by atoms with Crippen LogP contribution in [0.15, 0.2) is 65.8 Å². The fraction of sp³-hybridized carbons (Fsp3) is 0.227. The summed E-state index contributed by atoms with van der Waals surface area (Å²) in [5.41, 5.74) is 7.17. The number of aromatic nitrogens is 1. The van der Waals surface area contributed by atoms with Gasteiger partial charge in [0.25, 0.3) is 0 Å². The average Bonchev–Trinajstić information content (AvgIpc) is 3.48. The monoisotopic (exact) mass is 407 g/mol. The van der Waals surface area contributed by atoms with Crippen molar-refractivity contribution in [2.75, 3.05) is 5.75 Å². The maximum atomic E-state index is 12.7. The van der Waals surface area contributed by atoms with Gasteiger partial charge < -0.3 is 5.73 Å². The predicted molar refractivity (Wildman–Crippen MR) is 112 cm³/mol. The van der Waals surface area contributed by atoms with Crippen LogP contribution in [0.25, 0.3) is 10.8 Å². The Morgan fingerprint density at radius 3 is 2.59 bits per heavy atom. The predicted octanol–water partition coefficient (Wildman–Crippen LogP) is 2.86. The van der Waals surface area contributed by atoms with E-state index in [1.165, 1.54) is 12.1 Å². The molecule has 0 saturated heterocycles. The van der Waals surface area contributed by atoms with Gasteiger partial charge in [-0.05, 0) is 47.1 Å². The molecule has 0 aliphatic heterocycles. The highest BCUT2D eigenvalue weighted by molar-refractivity contribution is 7.92. The van der Waals surface area contributed by atoms with Crippen molar-refractivity contribution in [1.29, 1.82) is 5.41 Å². The van der Waals surface area contributed by atoms with Crippen molar-refractivity contribution in [2.45, 2.75) is 23.7 Å². The lowest BCUT2D eigenvalue weighted by molar-refractivity contribution is -0.119. The zero-order chi connectivity index (χ0) is 20.6. The van der Waals surface area contributed by atoms with Crippen LogP contribution in [0.2, 0.25) is 0 Å². The van der Waals surface area contributed by atoms with Crippen molar-refractivity contribution in [3.8, 4) is 0 Å². The normalized spacial score (nSPS) is 18.5. The van der Waals surface area contributed by atoms with E-state index in [1.54, 1.807) is 24.5 Å². The molecule has 0 spiro atoms. The van der Waals surface area contributed by atoms with Crippen LogP contribution in [0.5, 0.6) is 0 Å². The summed E-state index contributed by atoms with van der Waals surface area (Å²) < 4.78 is 24.3. The number of hydrogen-bond donors (Lipinski definition) is 2. The Bertz CT molecular complexity index is 1200. The van der Waals surface area contributed by atoms with E-state index in [9.17, 15) is 13.2 Å². The van der Waals surface area contributed by atoms with Crippen molar-refractivity contribution in [2.24, 2.45) is 11.7 Å². The highest BCUT2D eigenvalue weighted by Crippen LogP contribution is 2.48. The summed E-state index contributed by atoms with van der Waals surface area (Å²) in [5, 5.41) is 9.31. The number of amidine groups is 1. The second kappa shape index (κ2) is 7.40. The maximum Gasteiger partial charge on any atom is 0.185 e. The van der Waals surface area contributed by atoms with E-state index >= 15 is 0 Å². The first-order valence-corrected chi connectivity index (χ1v) is 11.0. The molecule has 1 aliphatic carbocycles. The van der Waals surface area contributed by atoms with Crippen LogP contribution in [0, 0.1) is 11.3 Å². The van der Waals surface area contributed by atoms with Crippen molar-refractivity contribution in [3.63, 3.8) is 0 Å². The van der Waals surface area contributed by atoms with Crippen molar-refractivity contribution in [3.05, 3.63) is 72.1 Å². The van der Waals surface area contributed by atoms with Gasteiger partial charge in [-0.1, -0.05) is 30.3 Å². The SMILES string of the molecule is N=C(N)CS(=O)(=O)c1ccc(C2C[C@H]2C(=O)Cc2ccc3cnccc3c2)cc1. The lowest BCUT2D eigenvalue weighted by Crippen LogP contribution is -2.22. The van der Waals surface area contributed by atoms with Gasteiger partial charge in [0.15, 0.2) is 9.84 Å². The molecule has 0 bridgehead atoms. The summed E-state index contributed by atoms with van der Waals surface area (Å²) in [7, 11) is -3.59. The van der Waals surface area contributed by atoms with Gasteiger partial charge in [0.05, 0.1) is 4.90 Å². The molecular weight excluding hydrogens is 386 g/mol. The first-order valence-electron chi connectivity index (χ1n) is 9.34. The second-order valence-corrected chi connectivity index (χ2v) is 9.49. The zero-order valence-electron chi connectivity index (χ0n) is 15.7. The molecule has 1 saturated carbocycles. The van der Waals surface area contributed by atoms with E-state index in [1.807, 2.05) is 24.3 Å². The van der Waals surface area contributed by atoms with Gasteiger partial charge in [-0.2, -0.15) is 0 Å². The van der Waals surface area contributed by atoms with Gasteiger partial charge in [-0.25, -0.2) is 8.42 Å². The van der Waals surface area contributed by atoms with Crippen molar-refractivity contribution >= 4 is 32.2 Å². The summed E-state index contributed by atoms with van der Waals surface area (Å²) in [4.78, 5) is 16.9. The minimum atomic E-state index is -3.59. The van der Waals surface area contributed by atoms with E-state index in [-0.39, 0.29) is 28.4 Å². The number of Topliss-reactive ketones (excluding diaryl/α,β-unsaturated/α-hetero) is 1. The van der Waals surface area contributed by atoms with Crippen LogP contribution in [-0.2, 0) is 21.1 Å². The highest BCUT2D eigenvalue weighted by Gasteiger charge is 2.43. The van der Waals surface area contributed by atoms with Crippen LogP contribution in [0.4, 0.5) is 0 Å². The van der Waals surface area contributed by atoms with Gasteiger partial charge in [0.1, 0.15) is 17.4 Å². The quantitative estimate of drug-likeness (QED) is 0.462. The summed E-state index contributed by atoms with van der Waals surface area (Å²) in [5.74, 6) is -0.554. The van der Waals surface area contributed by atoms with E-state index in [0.29, 0.717) is 6.42 Å². The largest absolute Gasteiger partial charge is 0.387 e. The van der Waals surface area contributed by atoms with E-state index in [0.717, 1.165) is 28.3 Å². The Balaban J connectivity index is 1.42. The average molecular weight is 407 g/mol. The number of sulfone groups is 1. The molecule has 1 aromatic heterocycles. The van der Waals surface area contributed by atoms with Crippen LogP contribution in [-0.4, -0.2) is 30.8 Å². The lowest BCUT2D eigenvalue weighted by atomic mass is 10.0. The number of carbonyl (C=O) groups is 1. The number of rotatable bonds is 7. The summed E-state index contributed by atoms with van der Waals surface area (Å²) in [6.45, 7) is 0. The lowest BCUT2D eigenvalue weighted by Gasteiger charge is -2.06. The van der Waals surface area contributed by atoms with Gasteiger partial charge in [0, 0.05) is 30.1 Å².